The van der Waals surface area contributed by atoms with Crippen LogP contribution in [0.15, 0.2) is 54.6 Å². The van der Waals surface area contributed by atoms with Crippen LogP contribution in [-0.2, 0) is 0 Å². The molecule has 0 unspecified atom stereocenters. The summed E-state index contributed by atoms with van der Waals surface area (Å²) in [5.41, 5.74) is 8.13. The van der Waals surface area contributed by atoms with E-state index in [1.807, 2.05) is 18.2 Å². The Labute approximate surface area is 264 Å². The Hall–Kier alpha value is -3.42. The van der Waals surface area contributed by atoms with Gasteiger partial charge in [0.1, 0.15) is 15.9 Å². The van der Waals surface area contributed by atoms with Crippen LogP contribution in [0.1, 0.15) is 0 Å². The molecule has 3 aromatic carbocycles. The first-order valence-electron chi connectivity index (χ1n) is 13.3. The highest BCUT2D eigenvalue weighted by atomic mass is 35.5. The van der Waals surface area contributed by atoms with E-state index >= 15 is 0 Å². The van der Waals surface area contributed by atoms with Crippen LogP contribution in [0.25, 0.3) is 0 Å². The van der Waals surface area contributed by atoms with Crippen molar-refractivity contribution in [3.8, 4) is 0 Å². The van der Waals surface area contributed by atoms with Gasteiger partial charge >= 0.3 is 0 Å². The summed E-state index contributed by atoms with van der Waals surface area (Å²) >= 11 is 17.2. The van der Waals surface area contributed by atoms with Crippen molar-refractivity contribution in [3.05, 3.63) is 95.7 Å². The fourth-order valence-corrected chi connectivity index (χ4v) is 4.97. The lowest BCUT2D eigenvalue weighted by Crippen LogP contribution is -2.44. The van der Waals surface area contributed by atoms with Crippen molar-refractivity contribution in [2.24, 2.45) is 0 Å². The molecule has 2 N–H and O–H groups in total. The molecule has 2 aliphatic heterocycles. The van der Waals surface area contributed by atoms with E-state index in [2.05, 4.69) is 33.7 Å². The Kier molecular flexibility index (Phi) is 12.6. The Morgan fingerprint density at radius 3 is 1.44 bits per heavy atom. The summed E-state index contributed by atoms with van der Waals surface area (Å²) in [4.78, 5) is 28.8. The Balaban J connectivity index is 0.000000181. The van der Waals surface area contributed by atoms with Gasteiger partial charge in [-0.15, -0.1) is 0 Å². The third kappa shape index (κ3) is 10.1. The van der Waals surface area contributed by atoms with Crippen LogP contribution < -0.4 is 15.5 Å². The maximum Gasteiger partial charge on any atom is 0.288 e. The molecule has 2 saturated heterocycles. The van der Waals surface area contributed by atoms with Gasteiger partial charge in [0.05, 0.1) is 20.6 Å². The number of halogens is 4. The average molecular weight is 657 g/mol. The van der Waals surface area contributed by atoms with Gasteiger partial charge in [-0.05, 0) is 56.6 Å². The number of anilines is 3. The maximum absolute atomic E-state index is 12.3. The van der Waals surface area contributed by atoms with E-state index in [9.17, 15) is 24.6 Å². The highest BCUT2D eigenvalue weighted by Gasteiger charge is 2.18. The molecule has 15 heteroatoms. The summed E-state index contributed by atoms with van der Waals surface area (Å²) in [6.45, 7) is 8.13. The number of hydrogen-bond acceptors (Lipinski definition) is 9. The lowest BCUT2D eigenvalue weighted by Gasteiger charge is -2.34. The van der Waals surface area contributed by atoms with Crippen LogP contribution in [-0.4, -0.2) is 86.1 Å². The molecule has 0 amide bonds. The molecular formula is C28H33Cl3FN7O4. The zero-order chi connectivity index (χ0) is 31.7. The summed E-state index contributed by atoms with van der Waals surface area (Å²) in [6, 6.07) is 13.7. The predicted octanol–water partition coefficient (Wildman–Crippen LogP) is 6.06. The van der Waals surface area contributed by atoms with E-state index in [0.29, 0.717) is 10.7 Å². The highest BCUT2D eigenvalue weighted by molar-refractivity contribution is 6.33. The molecule has 0 saturated carbocycles. The van der Waals surface area contributed by atoms with Crippen LogP contribution in [0.3, 0.4) is 0 Å². The highest BCUT2D eigenvalue weighted by Crippen LogP contribution is 2.30. The third-order valence-electron chi connectivity index (χ3n) is 6.96. The number of nitro benzene ring substituents is 2. The summed E-state index contributed by atoms with van der Waals surface area (Å²) in [6.07, 6.45) is 0. The van der Waals surface area contributed by atoms with Gasteiger partial charge in [-0.2, -0.15) is 0 Å². The summed E-state index contributed by atoms with van der Waals surface area (Å²) in [5, 5.41) is 21.4. The monoisotopic (exact) mass is 655 g/mol. The van der Waals surface area contributed by atoms with E-state index in [-0.39, 0.29) is 21.4 Å². The molecule has 2 aliphatic rings. The number of piperazine rings is 2. The van der Waals surface area contributed by atoms with Crippen LogP contribution >= 0.6 is 34.8 Å². The molecule has 0 spiro atoms. The molecule has 2 heterocycles. The maximum atomic E-state index is 12.3. The first kappa shape index (κ1) is 34.1. The number of rotatable bonds is 4. The number of likely N-dealkylation sites (N-methyl/N-ethyl adjacent to an activating group) is 2. The lowest BCUT2D eigenvalue weighted by atomic mass is 10.2. The van der Waals surface area contributed by atoms with Crippen molar-refractivity contribution in [1.29, 1.82) is 0 Å². The molecule has 5 rings (SSSR count). The topological polar surface area (TPSA) is 125 Å². The van der Waals surface area contributed by atoms with Gasteiger partial charge in [0.25, 0.3) is 11.4 Å². The number of nitro groups is 2. The number of benzene rings is 3. The second kappa shape index (κ2) is 15.9. The van der Waals surface area contributed by atoms with Gasteiger partial charge in [0.15, 0.2) is 0 Å². The van der Waals surface area contributed by atoms with Gasteiger partial charge in [0.2, 0.25) is 0 Å². The first-order chi connectivity index (χ1) is 20.3. The quantitative estimate of drug-likeness (QED) is 0.203. The van der Waals surface area contributed by atoms with Gasteiger partial charge in [0, 0.05) is 75.9 Å². The second-order valence-corrected chi connectivity index (χ2v) is 11.3. The van der Waals surface area contributed by atoms with Crippen molar-refractivity contribution < 1.29 is 14.2 Å². The third-order valence-corrected chi connectivity index (χ3v) is 7.89. The van der Waals surface area contributed by atoms with Gasteiger partial charge in [-0.3, -0.25) is 20.2 Å². The standard InChI is InChI=1S/C11H14ClN3O2.C11H16ClN3.C6H3ClFNO2/c1-13-4-6-14(7-5-13)9-2-3-11(15(16)17)10(12)8-9;1-14-4-6-15(7-5-14)9-2-3-11(13)10(12)8-9;7-5-3-4(8)1-2-6(5)9(10)11/h2-3,8H,4-7H2,1H3;2-3,8H,4-7,13H2,1H3;1-3H. The minimum atomic E-state index is -0.665. The number of nitrogens with two attached hydrogens (primary N) is 1. The molecule has 0 radical (unpaired) electrons. The number of nitrogens with zero attached hydrogens (tertiary/aromatic N) is 6. The van der Waals surface area contributed by atoms with E-state index in [1.54, 1.807) is 12.1 Å². The SMILES string of the molecule is CN1CCN(c2ccc(N)c(Cl)c2)CC1.CN1CCN(c2ccc([N+](=O)[O-])c(Cl)c2)CC1.O=[N+]([O-])c1ccc(F)cc1Cl. The fraction of sp³-hybridized carbons (Fsp3) is 0.357. The minimum Gasteiger partial charge on any atom is -0.398 e. The van der Waals surface area contributed by atoms with Crippen LogP contribution in [0.5, 0.6) is 0 Å². The largest absolute Gasteiger partial charge is 0.398 e. The van der Waals surface area contributed by atoms with E-state index in [1.165, 1.54) is 11.8 Å². The number of nitrogen functional groups attached to an aromatic ring is 1. The smallest absolute Gasteiger partial charge is 0.288 e. The lowest BCUT2D eigenvalue weighted by molar-refractivity contribution is -0.384. The average Bonchev–Trinajstić information content (AvgIpc) is 2.95. The van der Waals surface area contributed by atoms with E-state index in [4.69, 9.17) is 40.5 Å². The van der Waals surface area contributed by atoms with Crippen molar-refractivity contribution in [1.82, 2.24) is 9.80 Å². The molecule has 2 fully saturated rings. The number of hydrogen-bond donors (Lipinski definition) is 1. The van der Waals surface area contributed by atoms with Crippen molar-refractivity contribution >= 4 is 63.2 Å². The second-order valence-electron chi connectivity index (χ2n) is 10.0. The molecule has 3 aromatic rings. The van der Waals surface area contributed by atoms with Crippen molar-refractivity contribution in [3.63, 3.8) is 0 Å². The van der Waals surface area contributed by atoms with Crippen molar-refractivity contribution in [2.45, 2.75) is 0 Å². The fourth-order valence-electron chi connectivity index (χ4n) is 4.31. The summed E-state index contributed by atoms with van der Waals surface area (Å²) in [7, 11) is 4.23. The summed E-state index contributed by atoms with van der Waals surface area (Å²) in [5.74, 6) is -0.583. The molecule has 43 heavy (non-hydrogen) atoms. The van der Waals surface area contributed by atoms with Crippen LogP contribution in [0.4, 0.5) is 32.8 Å². The molecule has 11 nitrogen and oxygen atoms in total. The van der Waals surface area contributed by atoms with E-state index < -0.39 is 15.7 Å². The van der Waals surface area contributed by atoms with Crippen LogP contribution in [0.2, 0.25) is 15.1 Å². The zero-order valence-electron chi connectivity index (χ0n) is 23.8. The summed E-state index contributed by atoms with van der Waals surface area (Å²) < 4.78 is 12.3. The van der Waals surface area contributed by atoms with E-state index in [0.717, 1.165) is 76.2 Å². The van der Waals surface area contributed by atoms with Gasteiger partial charge < -0.3 is 25.3 Å². The molecule has 0 bridgehead atoms. The zero-order valence-corrected chi connectivity index (χ0v) is 26.0. The van der Waals surface area contributed by atoms with Gasteiger partial charge in [-0.1, -0.05) is 34.8 Å². The van der Waals surface area contributed by atoms with Crippen molar-refractivity contribution in [2.75, 3.05) is 82.0 Å². The molecule has 0 aromatic heterocycles. The molecule has 0 aliphatic carbocycles. The predicted molar refractivity (Wildman–Crippen MR) is 171 cm³/mol. The first-order valence-corrected chi connectivity index (χ1v) is 14.4. The Bertz CT molecular complexity index is 1420. The Morgan fingerprint density at radius 2 is 1.05 bits per heavy atom. The molecule has 232 valence electrons. The van der Waals surface area contributed by atoms with Gasteiger partial charge in [-0.25, -0.2) is 4.39 Å². The molecule has 0 atom stereocenters. The normalized spacial score (nSPS) is 15.6. The van der Waals surface area contributed by atoms with Crippen LogP contribution in [0, 0.1) is 26.0 Å². The molecular weight excluding hydrogens is 624 g/mol. The minimum absolute atomic E-state index is 0.0375. The Morgan fingerprint density at radius 1 is 0.651 bits per heavy atom.